The van der Waals surface area contributed by atoms with Gasteiger partial charge in [0.1, 0.15) is 73.2 Å². The number of nitrogens with one attached hydrogen (secondary N) is 1. The zero-order valence-electron chi connectivity index (χ0n) is 47.7. The molecule has 0 aromatic rings. The Balaban J connectivity index is 1.27. The molecule has 0 spiro atoms. The fraction of sp³-hybridized carbons (Fsp3) is 0.915. The van der Waals surface area contributed by atoms with E-state index in [1.54, 1.807) is 6.08 Å². The van der Waals surface area contributed by atoms with Crippen molar-refractivity contribution >= 4 is 5.91 Å². The maximum atomic E-state index is 12.7. The number of ether oxygens (including phenoxy) is 6. The van der Waals surface area contributed by atoms with Gasteiger partial charge in [-0.15, -0.1) is 0 Å². The molecule has 78 heavy (non-hydrogen) atoms. The summed E-state index contributed by atoms with van der Waals surface area (Å²) in [6.07, 6.45) is 20.0. The minimum absolute atomic E-state index is 0.186. The molecule has 3 heterocycles. The molecule has 17 unspecified atom stereocenters. The van der Waals surface area contributed by atoms with Crippen LogP contribution in [0.4, 0.5) is 0 Å². The number of unbranched alkanes of at least 4 members (excludes halogenated alkanes) is 27. The van der Waals surface area contributed by atoms with Crippen molar-refractivity contribution in [2.45, 2.75) is 317 Å². The van der Waals surface area contributed by atoms with Crippen LogP contribution < -0.4 is 5.32 Å². The van der Waals surface area contributed by atoms with Crippen LogP contribution in [0.25, 0.3) is 0 Å². The Morgan fingerprint density at radius 1 is 0.449 bits per heavy atom. The molecule has 17 atom stereocenters. The Labute approximate surface area is 467 Å². The average molecular weight is 1120 g/mol. The molecule has 458 valence electrons. The normalized spacial score (nSPS) is 30.6. The molecule has 19 nitrogen and oxygen atoms in total. The average Bonchev–Trinajstić information content (AvgIpc) is 3.46. The van der Waals surface area contributed by atoms with Crippen LogP contribution in [0.15, 0.2) is 24.3 Å². The summed E-state index contributed by atoms with van der Waals surface area (Å²) in [5, 5.41) is 119. The van der Waals surface area contributed by atoms with Crippen molar-refractivity contribution in [3.05, 3.63) is 24.3 Å². The Hall–Kier alpha value is -1.73. The number of carbonyl (C=O) groups is 1. The molecule has 3 fully saturated rings. The van der Waals surface area contributed by atoms with Crippen molar-refractivity contribution in [1.29, 1.82) is 0 Å². The van der Waals surface area contributed by atoms with Gasteiger partial charge in [0.15, 0.2) is 18.9 Å². The van der Waals surface area contributed by atoms with Gasteiger partial charge >= 0.3 is 0 Å². The van der Waals surface area contributed by atoms with E-state index < -0.39 is 124 Å². The lowest BCUT2D eigenvalue weighted by Crippen LogP contribution is -2.66. The van der Waals surface area contributed by atoms with Gasteiger partial charge in [-0.25, -0.2) is 0 Å². The van der Waals surface area contributed by atoms with Crippen molar-refractivity contribution in [1.82, 2.24) is 5.32 Å². The van der Waals surface area contributed by atoms with E-state index in [4.69, 9.17) is 28.4 Å². The first-order valence-corrected chi connectivity index (χ1v) is 30.6. The summed E-state index contributed by atoms with van der Waals surface area (Å²) in [6.45, 7) is 1.32. The fourth-order valence-corrected chi connectivity index (χ4v) is 10.5. The van der Waals surface area contributed by atoms with Gasteiger partial charge in [-0.2, -0.15) is 0 Å². The lowest BCUT2D eigenvalue weighted by atomic mass is 9.96. The van der Waals surface area contributed by atoms with Gasteiger partial charge in [-0.3, -0.25) is 4.79 Å². The minimum Gasteiger partial charge on any atom is -0.394 e. The molecule has 3 aliphatic rings. The van der Waals surface area contributed by atoms with Crippen molar-refractivity contribution in [3.63, 3.8) is 0 Å². The number of amides is 1. The quantitative estimate of drug-likeness (QED) is 0.0263. The van der Waals surface area contributed by atoms with Crippen molar-refractivity contribution in [2.75, 3.05) is 26.4 Å². The van der Waals surface area contributed by atoms with Crippen LogP contribution in [-0.2, 0) is 33.2 Å². The van der Waals surface area contributed by atoms with Gasteiger partial charge in [0.2, 0.25) is 5.91 Å². The van der Waals surface area contributed by atoms with E-state index in [9.17, 15) is 61.0 Å². The highest BCUT2D eigenvalue weighted by atomic mass is 16.8. The van der Waals surface area contributed by atoms with Gasteiger partial charge in [-0.05, 0) is 32.1 Å². The first-order chi connectivity index (χ1) is 37.8. The third kappa shape index (κ3) is 26.7. The molecule has 3 saturated heterocycles. The maximum absolute atomic E-state index is 12.7. The zero-order chi connectivity index (χ0) is 56.9. The van der Waals surface area contributed by atoms with Crippen LogP contribution in [0, 0.1) is 0 Å². The highest BCUT2D eigenvalue weighted by Gasteiger charge is 2.53. The molecule has 0 aromatic heterocycles. The van der Waals surface area contributed by atoms with E-state index in [0.717, 1.165) is 19.3 Å². The number of rotatable bonds is 45. The van der Waals surface area contributed by atoms with E-state index in [0.29, 0.717) is 12.8 Å². The van der Waals surface area contributed by atoms with E-state index in [1.165, 1.54) is 161 Å². The molecular weight excluding hydrogens is 1010 g/mol. The number of hydrogen-bond acceptors (Lipinski definition) is 18. The van der Waals surface area contributed by atoms with Gasteiger partial charge < -0.3 is 89.9 Å². The zero-order valence-corrected chi connectivity index (χ0v) is 47.7. The standard InChI is InChI=1S/C59H109NO18/c1-3-5-6-7-8-9-10-11-12-13-14-15-16-17-18-19-20-21-22-23-24-25-26-27-28-29-30-31-32-33-34-35-37-43(64)42(60-47(65)36-4-2)41-73-57-53(71)50(68)55(45(39-62)75-57)78-59-54(72)51(69)56(46(40-63)76-59)77-58-52(70)49(67)48(66)44(38-61)74-58/h31-32,35,37,42-46,48-59,61-64,66-72H,3-30,33-34,36,38-41H2,1-2H3,(H,60,65)/b32-31+,37-35+. The van der Waals surface area contributed by atoms with Gasteiger partial charge in [0.05, 0.1) is 38.6 Å². The van der Waals surface area contributed by atoms with Crippen molar-refractivity contribution in [2.24, 2.45) is 0 Å². The molecular formula is C59H109NO18. The summed E-state index contributed by atoms with van der Waals surface area (Å²) in [5.41, 5.74) is 0. The predicted molar refractivity (Wildman–Crippen MR) is 296 cm³/mol. The molecule has 0 radical (unpaired) electrons. The molecule has 0 bridgehead atoms. The summed E-state index contributed by atoms with van der Waals surface area (Å²) < 4.78 is 33.9. The van der Waals surface area contributed by atoms with Gasteiger partial charge in [-0.1, -0.05) is 199 Å². The summed E-state index contributed by atoms with van der Waals surface area (Å²) >= 11 is 0. The number of carbonyl (C=O) groups excluding carboxylic acids is 1. The number of aliphatic hydroxyl groups excluding tert-OH is 11. The van der Waals surface area contributed by atoms with Crippen LogP contribution in [0.5, 0.6) is 0 Å². The van der Waals surface area contributed by atoms with Crippen molar-refractivity contribution < 1.29 is 89.4 Å². The highest BCUT2D eigenvalue weighted by Crippen LogP contribution is 2.33. The number of hydrogen-bond donors (Lipinski definition) is 12. The first-order valence-electron chi connectivity index (χ1n) is 30.6. The van der Waals surface area contributed by atoms with Crippen LogP contribution in [0.3, 0.4) is 0 Å². The molecule has 3 rings (SSSR count). The molecule has 19 heteroatoms. The third-order valence-electron chi connectivity index (χ3n) is 15.5. The number of aliphatic hydroxyl groups is 11. The summed E-state index contributed by atoms with van der Waals surface area (Å²) in [6, 6.07) is -0.982. The second kappa shape index (κ2) is 43.0. The SMILES string of the molecule is CCCCCCCCCCCCCCCCCCCCCCCCCCCC/C=C/CC/C=C/C(O)C(COC1OC(CO)C(OC2OC(CO)C(OC3OC(CO)C(O)C(O)C3O)C(O)C2O)C(O)C1O)NC(=O)CCC. The summed E-state index contributed by atoms with van der Waals surface area (Å²) in [4.78, 5) is 12.7. The lowest BCUT2D eigenvalue weighted by molar-refractivity contribution is -0.379. The van der Waals surface area contributed by atoms with Crippen molar-refractivity contribution in [3.8, 4) is 0 Å². The Bertz CT molecular complexity index is 1530. The Morgan fingerprint density at radius 2 is 0.821 bits per heavy atom. The van der Waals surface area contributed by atoms with E-state index in [-0.39, 0.29) is 18.9 Å². The van der Waals surface area contributed by atoms with E-state index in [2.05, 4.69) is 24.4 Å². The van der Waals surface area contributed by atoms with Crippen LogP contribution in [0.1, 0.15) is 213 Å². The monoisotopic (exact) mass is 1120 g/mol. The van der Waals surface area contributed by atoms with E-state index in [1.807, 2.05) is 13.0 Å². The summed E-state index contributed by atoms with van der Waals surface area (Å²) in [5.74, 6) is -0.338. The topological polar surface area (TPSA) is 307 Å². The van der Waals surface area contributed by atoms with Gasteiger partial charge in [0, 0.05) is 6.42 Å². The molecule has 12 N–H and O–H groups in total. The Kier molecular flexibility index (Phi) is 38.9. The maximum Gasteiger partial charge on any atom is 0.220 e. The Morgan fingerprint density at radius 3 is 1.26 bits per heavy atom. The van der Waals surface area contributed by atoms with E-state index >= 15 is 0 Å². The molecule has 1 amide bonds. The molecule has 0 aliphatic carbocycles. The highest BCUT2D eigenvalue weighted by molar-refractivity contribution is 5.76. The predicted octanol–water partition coefficient (Wildman–Crippen LogP) is 5.54. The second-order valence-electron chi connectivity index (χ2n) is 22.2. The van der Waals surface area contributed by atoms with Gasteiger partial charge in [0.25, 0.3) is 0 Å². The minimum atomic E-state index is -1.98. The smallest absolute Gasteiger partial charge is 0.220 e. The first kappa shape index (κ1) is 70.5. The van der Waals surface area contributed by atoms with Crippen LogP contribution >= 0.6 is 0 Å². The van der Waals surface area contributed by atoms with Crippen LogP contribution in [-0.4, -0.2) is 193 Å². The lowest BCUT2D eigenvalue weighted by Gasteiger charge is -2.48. The fourth-order valence-electron chi connectivity index (χ4n) is 10.5. The van der Waals surface area contributed by atoms with Crippen LogP contribution in [0.2, 0.25) is 0 Å². The molecule has 3 aliphatic heterocycles. The second-order valence-corrected chi connectivity index (χ2v) is 22.2. The number of allylic oxidation sites excluding steroid dienone is 3. The molecule has 0 aromatic carbocycles. The third-order valence-corrected chi connectivity index (χ3v) is 15.5. The largest absolute Gasteiger partial charge is 0.394 e. The summed E-state index contributed by atoms with van der Waals surface area (Å²) in [7, 11) is 0. The molecule has 0 saturated carbocycles.